The van der Waals surface area contributed by atoms with Gasteiger partial charge >= 0.3 is 0 Å². The van der Waals surface area contributed by atoms with Crippen LogP contribution in [0.15, 0.2) is 18.3 Å². The predicted octanol–water partition coefficient (Wildman–Crippen LogP) is 4.65. The highest BCUT2D eigenvalue weighted by atomic mass is 127. The van der Waals surface area contributed by atoms with Gasteiger partial charge in [-0.25, -0.2) is 14.4 Å². The van der Waals surface area contributed by atoms with E-state index in [0.29, 0.717) is 30.0 Å². The topological polar surface area (TPSA) is 39.9 Å². The first kappa shape index (κ1) is 17.8. The molecule has 120 valence electrons. The second-order valence-electron chi connectivity index (χ2n) is 6.15. The molecular formula is C14H18ClFIN3OSi. The molecule has 8 heteroatoms. The normalized spacial score (nSPS) is 11.9. The molecule has 0 bridgehead atoms. The number of aromatic nitrogens is 3. The van der Waals surface area contributed by atoms with Crippen LogP contribution in [-0.4, -0.2) is 29.2 Å². The van der Waals surface area contributed by atoms with E-state index < -0.39 is 8.07 Å². The van der Waals surface area contributed by atoms with Crippen molar-refractivity contribution in [1.82, 2.24) is 14.5 Å². The van der Waals surface area contributed by atoms with Gasteiger partial charge < -0.3 is 4.74 Å². The Morgan fingerprint density at radius 1 is 1.36 bits per heavy atom. The third kappa shape index (κ3) is 4.74. The highest BCUT2D eigenvalue weighted by Gasteiger charge is 2.17. The van der Waals surface area contributed by atoms with Crippen LogP contribution >= 0.6 is 34.2 Å². The summed E-state index contributed by atoms with van der Waals surface area (Å²) < 4.78 is 21.4. The molecule has 4 nitrogen and oxygen atoms in total. The summed E-state index contributed by atoms with van der Waals surface area (Å²) in [4.78, 5) is 8.36. The minimum absolute atomic E-state index is 0.358. The van der Waals surface area contributed by atoms with Crippen molar-refractivity contribution in [2.24, 2.45) is 0 Å². The van der Waals surface area contributed by atoms with Crippen molar-refractivity contribution in [1.29, 1.82) is 0 Å². The fraction of sp³-hybridized carbons (Fsp3) is 0.429. The number of rotatable bonds is 6. The van der Waals surface area contributed by atoms with Crippen LogP contribution in [0.2, 0.25) is 30.8 Å². The van der Waals surface area contributed by atoms with Gasteiger partial charge in [-0.1, -0.05) is 31.2 Å². The minimum Gasteiger partial charge on any atom is -0.361 e. The van der Waals surface area contributed by atoms with E-state index in [1.165, 1.54) is 12.3 Å². The highest BCUT2D eigenvalue weighted by molar-refractivity contribution is 14.1. The molecule has 0 saturated heterocycles. The molecule has 0 amide bonds. The molecule has 0 aliphatic heterocycles. The first-order valence-electron chi connectivity index (χ1n) is 6.89. The SMILES string of the molecule is C[Si](C)(C)CCOCn1c(-c2ccc(F)cn2)nc(Cl)c1I. The van der Waals surface area contributed by atoms with Crippen LogP contribution < -0.4 is 0 Å². The van der Waals surface area contributed by atoms with Crippen LogP contribution in [0, 0.1) is 9.52 Å². The molecule has 0 atom stereocenters. The summed E-state index contributed by atoms with van der Waals surface area (Å²) in [5.74, 6) is 0.205. The van der Waals surface area contributed by atoms with Crippen LogP contribution in [0.1, 0.15) is 0 Å². The van der Waals surface area contributed by atoms with Gasteiger partial charge in [-0.2, -0.15) is 0 Å². The van der Waals surface area contributed by atoms with E-state index in [0.717, 1.165) is 9.74 Å². The zero-order chi connectivity index (χ0) is 16.3. The summed E-state index contributed by atoms with van der Waals surface area (Å²) in [6.07, 6.45) is 1.17. The molecule has 0 fully saturated rings. The average Bonchev–Trinajstić information content (AvgIpc) is 2.71. The summed E-state index contributed by atoms with van der Waals surface area (Å²) in [5, 5.41) is 0.399. The highest BCUT2D eigenvalue weighted by Crippen LogP contribution is 2.26. The lowest BCUT2D eigenvalue weighted by Gasteiger charge is -2.16. The second-order valence-corrected chi connectivity index (χ2v) is 13.2. The summed E-state index contributed by atoms with van der Waals surface area (Å²) in [6, 6.07) is 4.03. The van der Waals surface area contributed by atoms with Crippen molar-refractivity contribution < 1.29 is 9.13 Å². The van der Waals surface area contributed by atoms with Crippen LogP contribution in [0.4, 0.5) is 4.39 Å². The third-order valence-corrected chi connectivity index (χ3v) is 6.42. The number of halogens is 3. The molecule has 0 spiro atoms. The van der Waals surface area contributed by atoms with Gasteiger partial charge in [0, 0.05) is 14.7 Å². The number of hydrogen-bond acceptors (Lipinski definition) is 3. The second kappa shape index (κ2) is 7.37. The minimum atomic E-state index is -1.12. The molecule has 2 aromatic rings. The van der Waals surface area contributed by atoms with Gasteiger partial charge in [-0.15, -0.1) is 0 Å². The van der Waals surface area contributed by atoms with Gasteiger partial charge in [0.1, 0.15) is 21.9 Å². The first-order chi connectivity index (χ1) is 10.3. The van der Waals surface area contributed by atoms with E-state index in [2.05, 4.69) is 52.2 Å². The predicted molar refractivity (Wildman–Crippen MR) is 97.2 cm³/mol. The number of pyridine rings is 1. The van der Waals surface area contributed by atoms with E-state index in [9.17, 15) is 4.39 Å². The van der Waals surface area contributed by atoms with Gasteiger partial charge in [0.15, 0.2) is 11.0 Å². The van der Waals surface area contributed by atoms with E-state index in [1.54, 1.807) is 6.07 Å². The van der Waals surface area contributed by atoms with Crippen molar-refractivity contribution in [3.63, 3.8) is 0 Å². The molecule has 0 aliphatic rings. The molecule has 0 aromatic carbocycles. The Bertz CT molecular complexity index is 643. The lowest BCUT2D eigenvalue weighted by molar-refractivity contribution is 0.0867. The quantitative estimate of drug-likeness (QED) is 0.363. The Hall–Kier alpha value is -0.513. The van der Waals surface area contributed by atoms with Crippen molar-refractivity contribution in [3.8, 4) is 11.5 Å². The lowest BCUT2D eigenvalue weighted by atomic mass is 10.3. The average molecular weight is 454 g/mol. The molecule has 0 radical (unpaired) electrons. The largest absolute Gasteiger partial charge is 0.361 e. The summed E-state index contributed by atoms with van der Waals surface area (Å²) >= 11 is 8.23. The molecule has 0 saturated carbocycles. The standard InChI is InChI=1S/C14H18ClFIN3OSi/c1-22(2,3)7-6-21-9-20-13(17)12(15)19-14(20)11-5-4-10(16)8-18-11/h4-5,8H,6-7,9H2,1-3H3. The van der Waals surface area contributed by atoms with Crippen molar-refractivity contribution in [2.45, 2.75) is 32.4 Å². The van der Waals surface area contributed by atoms with E-state index >= 15 is 0 Å². The van der Waals surface area contributed by atoms with Gasteiger partial charge in [0.05, 0.1) is 6.20 Å². The van der Waals surface area contributed by atoms with Crippen molar-refractivity contribution >= 4 is 42.3 Å². The molecule has 22 heavy (non-hydrogen) atoms. The van der Waals surface area contributed by atoms with E-state index in [4.69, 9.17) is 16.3 Å². The van der Waals surface area contributed by atoms with Gasteiger partial charge in [0.2, 0.25) is 0 Å². The molecule has 0 aliphatic carbocycles. The Morgan fingerprint density at radius 2 is 2.09 bits per heavy atom. The fourth-order valence-electron chi connectivity index (χ4n) is 1.76. The van der Waals surface area contributed by atoms with Crippen molar-refractivity contribution in [2.75, 3.05) is 6.61 Å². The fourth-order valence-corrected chi connectivity index (χ4v) is 3.19. The monoisotopic (exact) mass is 453 g/mol. The summed E-state index contributed by atoms with van der Waals surface area (Å²) in [7, 11) is -1.12. The number of imidazole rings is 1. The Morgan fingerprint density at radius 3 is 2.68 bits per heavy atom. The van der Waals surface area contributed by atoms with Crippen molar-refractivity contribution in [3.05, 3.63) is 33.0 Å². The number of ether oxygens (including phenoxy) is 1. The van der Waals surface area contributed by atoms with Crippen LogP contribution in [0.5, 0.6) is 0 Å². The molecule has 2 heterocycles. The molecule has 0 N–H and O–H groups in total. The Labute approximate surface area is 149 Å². The van der Waals surface area contributed by atoms with Crippen LogP contribution in [-0.2, 0) is 11.5 Å². The molecular weight excluding hydrogens is 436 g/mol. The Balaban J connectivity index is 2.15. The van der Waals surface area contributed by atoms with Crippen LogP contribution in [0.3, 0.4) is 0 Å². The smallest absolute Gasteiger partial charge is 0.163 e. The Kier molecular flexibility index (Phi) is 5.98. The zero-order valence-electron chi connectivity index (χ0n) is 12.7. The summed E-state index contributed by atoms with van der Waals surface area (Å²) in [6.45, 7) is 7.99. The molecule has 0 unspecified atom stereocenters. The maximum Gasteiger partial charge on any atom is 0.163 e. The van der Waals surface area contributed by atoms with E-state index in [1.807, 2.05) is 4.57 Å². The first-order valence-corrected chi connectivity index (χ1v) is 12.1. The van der Waals surface area contributed by atoms with Crippen LogP contribution in [0.25, 0.3) is 11.5 Å². The molecule has 2 aromatic heterocycles. The molecule has 2 rings (SSSR count). The number of nitrogens with zero attached hydrogens (tertiary/aromatic N) is 3. The van der Waals surface area contributed by atoms with Gasteiger partial charge in [-0.05, 0) is 40.8 Å². The maximum absolute atomic E-state index is 13.0. The maximum atomic E-state index is 13.0. The number of hydrogen-bond donors (Lipinski definition) is 0. The van der Waals surface area contributed by atoms with Gasteiger partial charge in [-0.3, -0.25) is 4.57 Å². The zero-order valence-corrected chi connectivity index (χ0v) is 16.7. The third-order valence-electron chi connectivity index (χ3n) is 3.04. The summed E-state index contributed by atoms with van der Waals surface area (Å²) in [5.41, 5.74) is 0.569. The lowest BCUT2D eigenvalue weighted by Crippen LogP contribution is -2.22. The van der Waals surface area contributed by atoms with E-state index in [-0.39, 0.29) is 5.82 Å². The van der Waals surface area contributed by atoms with Gasteiger partial charge in [0.25, 0.3) is 0 Å².